The second kappa shape index (κ2) is 12.4. The fraction of sp³-hybridized carbons (Fsp3) is 0.632. The van der Waals surface area contributed by atoms with E-state index in [2.05, 4.69) is 36.5 Å². The maximum absolute atomic E-state index is 11.7. The molecule has 1 rings (SSSR count). The lowest BCUT2D eigenvalue weighted by Gasteiger charge is -2.05. The molecule has 0 atom stereocenters. The third kappa shape index (κ3) is 10.1. The lowest BCUT2D eigenvalue weighted by Crippen LogP contribution is -2.24. The van der Waals surface area contributed by atoms with Gasteiger partial charge in [0.2, 0.25) is 5.91 Å². The number of unbranched alkanes of at least 4 members (excludes halogenated alkanes) is 6. The summed E-state index contributed by atoms with van der Waals surface area (Å²) in [5, 5.41) is 3.03. The lowest BCUT2D eigenvalue weighted by molar-refractivity contribution is -0.121. The predicted octanol–water partition coefficient (Wildman–Crippen LogP) is 4.88. The molecule has 0 aliphatic rings. The number of carbonyl (C=O) groups is 1. The number of carbonyl (C=O) groups excluding carboxylic acids is 1. The van der Waals surface area contributed by atoms with Crippen LogP contribution in [0.3, 0.4) is 0 Å². The van der Waals surface area contributed by atoms with Gasteiger partial charge in [-0.15, -0.1) is 0 Å². The van der Waals surface area contributed by atoms with Crippen molar-refractivity contribution < 1.29 is 4.79 Å². The van der Waals surface area contributed by atoms with Crippen molar-refractivity contribution in [2.24, 2.45) is 0 Å². The van der Waals surface area contributed by atoms with E-state index in [-0.39, 0.29) is 5.91 Å². The number of rotatable bonds is 12. The van der Waals surface area contributed by atoms with Gasteiger partial charge in [0.15, 0.2) is 0 Å². The van der Waals surface area contributed by atoms with Crippen molar-refractivity contribution in [3.8, 4) is 0 Å². The number of nitrogens with one attached hydrogen (secondary N) is 1. The van der Waals surface area contributed by atoms with Gasteiger partial charge in [0.25, 0.3) is 0 Å². The summed E-state index contributed by atoms with van der Waals surface area (Å²) in [6, 6.07) is 10.5. The summed E-state index contributed by atoms with van der Waals surface area (Å²) >= 11 is 0. The van der Waals surface area contributed by atoms with Gasteiger partial charge in [0.1, 0.15) is 0 Å². The standard InChI is InChI=1S/C19H31NO/c1-2-3-4-5-6-10-16-19(21)20-17-12-11-15-18-13-8-7-9-14-18/h7-9,13-14H,2-6,10-12,15-17H2,1H3,(H,20,21). The molecular weight excluding hydrogens is 258 g/mol. The molecule has 118 valence electrons. The van der Waals surface area contributed by atoms with Crippen LogP contribution in [0.25, 0.3) is 0 Å². The molecular formula is C19H31NO. The summed E-state index contributed by atoms with van der Waals surface area (Å²) < 4.78 is 0. The molecule has 0 saturated carbocycles. The van der Waals surface area contributed by atoms with Gasteiger partial charge in [-0.1, -0.05) is 69.4 Å². The van der Waals surface area contributed by atoms with E-state index in [1.54, 1.807) is 0 Å². The van der Waals surface area contributed by atoms with E-state index in [0.29, 0.717) is 6.42 Å². The van der Waals surface area contributed by atoms with Crippen LogP contribution in [0.5, 0.6) is 0 Å². The molecule has 0 heterocycles. The van der Waals surface area contributed by atoms with E-state index in [1.165, 1.54) is 37.7 Å². The molecule has 0 aliphatic heterocycles. The Morgan fingerprint density at radius 1 is 0.905 bits per heavy atom. The monoisotopic (exact) mass is 289 g/mol. The molecule has 0 radical (unpaired) electrons. The van der Waals surface area contributed by atoms with Crippen LogP contribution in [0.4, 0.5) is 0 Å². The fourth-order valence-electron chi connectivity index (χ4n) is 2.48. The van der Waals surface area contributed by atoms with Crippen molar-refractivity contribution in [1.82, 2.24) is 5.32 Å². The Bertz CT molecular complexity index is 361. The minimum Gasteiger partial charge on any atom is -0.356 e. The van der Waals surface area contributed by atoms with Gasteiger partial charge in [0.05, 0.1) is 0 Å². The zero-order valence-corrected chi connectivity index (χ0v) is 13.6. The van der Waals surface area contributed by atoms with Gasteiger partial charge in [-0.25, -0.2) is 0 Å². The van der Waals surface area contributed by atoms with Gasteiger partial charge in [-0.3, -0.25) is 4.79 Å². The SMILES string of the molecule is CCCCCCCCC(=O)NCCCCc1ccccc1. The van der Waals surface area contributed by atoms with E-state index < -0.39 is 0 Å². The van der Waals surface area contributed by atoms with Crippen LogP contribution in [0.2, 0.25) is 0 Å². The zero-order valence-electron chi connectivity index (χ0n) is 13.6. The number of hydrogen-bond donors (Lipinski definition) is 1. The average molecular weight is 289 g/mol. The first-order chi connectivity index (χ1) is 10.3. The minimum atomic E-state index is 0.227. The maximum atomic E-state index is 11.7. The van der Waals surface area contributed by atoms with Crippen LogP contribution >= 0.6 is 0 Å². The molecule has 21 heavy (non-hydrogen) atoms. The Labute approximate surface area is 130 Å². The fourth-order valence-corrected chi connectivity index (χ4v) is 2.48. The van der Waals surface area contributed by atoms with Crippen molar-refractivity contribution >= 4 is 5.91 Å². The molecule has 1 N–H and O–H groups in total. The zero-order chi connectivity index (χ0) is 15.2. The molecule has 1 amide bonds. The summed E-state index contributed by atoms with van der Waals surface area (Å²) in [7, 11) is 0. The quantitative estimate of drug-likeness (QED) is 0.546. The normalized spacial score (nSPS) is 10.5. The smallest absolute Gasteiger partial charge is 0.219 e. The number of hydrogen-bond acceptors (Lipinski definition) is 1. The molecule has 0 spiro atoms. The highest BCUT2D eigenvalue weighted by atomic mass is 16.1. The van der Waals surface area contributed by atoms with Gasteiger partial charge in [0, 0.05) is 13.0 Å². The van der Waals surface area contributed by atoms with Crippen molar-refractivity contribution in [2.45, 2.75) is 71.1 Å². The summed E-state index contributed by atoms with van der Waals surface area (Å²) in [6.07, 6.45) is 11.4. The summed E-state index contributed by atoms with van der Waals surface area (Å²) in [5.41, 5.74) is 1.39. The molecule has 0 fully saturated rings. The first-order valence-corrected chi connectivity index (χ1v) is 8.63. The molecule has 1 aromatic rings. The molecule has 2 heteroatoms. The average Bonchev–Trinajstić information content (AvgIpc) is 2.51. The minimum absolute atomic E-state index is 0.227. The van der Waals surface area contributed by atoms with Crippen LogP contribution in [0.1, 0.15) is 70.3 Å². The van der Waals surface area contributed by atoms with Crippen molar-refractivity contribution in [3.05, 3.63) is 35.9 Å². The molecule has 2 nitrogen and oxygen atoms in total. The molecule has 1 aromatic carbocycles. The van der Waals surface area contributed by atoms with E-state index in [4.69, 9.17) is 0 Å². The third-order valence-corrected chi connectivity index (χ3v) is 3.81. The largest absolute Gasteiger partial charge is 0.356 e. The Hall–Kier alpha value is -1.31. The Kier molecular flexibility index (Phi) is 10.5. The number of benzene rings is 1. The Morgan fingerprint density at radius 2 is 1.62 bits per heavy atom. The molecule has 0 unspecified atom stereocenters. The number of amides is 1. The Morgan fingerprint density at radius 3 is 2.38 bits per heavy atom. The summed E-state index contributed by atoms with van der Waals surface area (Å²) in [4.78, 5) is 11.7. The predicted molar refractivity (Wildman–Crippen MR) is 90.4 cm³/mol. The van der Waals surface area contributed by atoms with Gasteiger partial charge < -0.3 is 5.32 Å². The van der Waals surface area contributed by atoms with Crippen molar-refractivity contribution in [3.63, 3.8) is 0 Å². The van der Waals surface area contributed by atoms with Crippen LogP contribution < -0.4 is 5.32 Å². The van der Waals surface area contributed by atoms with E-state index in [0.717, 1.165) is 32.2 Å². The van der Waals surface area contributed by atoms with Crippen LogP contribution in [-0.2, 0) is 11.2 Å². The Balaban J connectivity index is 1.89. The first-order valence-electron chi connectivity index (χ1n) is 8.63. The van der Waals surface area contributed by atoms with Crippen molar-refractivity contribution in [2.75, 3.05) is 6.54 Å². The van der Waals surface area contributed by atoms with Gasteiger partial charge in [-0.05, 0) is 31.2 Å². The summed E-state index contributed by atoms with van der Waals surface area (Å²) in [6.45, 7) is 3.05. The first kappa shape index (κ1) is 17.7. The molecule has 0 aliphatic carbocycles. The highest BCUT2D eigenvalue weighted by Gasteiger charge is 2.00. The highest BCUT2D eigenvalue weighted by Crippen LogP contribution is 2.07. The second-order valence-corrected chi connectivity index (χ2v) is 5.81. The maximum Gasteiger partial charge on any atom is 0.219 e. The third-order valence-electron chi connectivity index (χ3n) is 3.81. The topological polar surface area (TPSA) is 29.1 Å². The molecule has 0 aromatic heterocycles. The summed E-state index contributed by atoms with van der Waals surface area (Å²) in [5.74, 6) is 0.227. The number of aryl methyl sites for hydroxylation is 1. The molecule has 0 bridgehead atoms. The van der Waals surface area contributed by atoms with Crippen LogP contribution in [0.15, 0.2) is 30.3 Å². The van der Waals surface area contributed by atoms with E-state index in [9.17, 15) is 4.79 Å². The lowest BCUT2D eigenvalue weighted by atomic mass is 10.1. The molecule has 0 saturated heterocycles. The van der Waals surface area contributed by atoms with Crippen LogP contribution in [0, 0.1) is 0 Å². The van der Waals surface area contributed by atoms with Gasteiger partial charge >= 0.3 is 0 Å². The van der Waals surface area contributed by atoms with Crippen LogP contribution in [-0.4, -0.2) is 12.5 Å². The van der Waals surface area contributed by atoms with Gasteiger partial charge in [-0.2, -0.15) is 0 Å². The second-order valence-electron chi connectivity index (χ2n) is 5.81. The van der Waals surface area contributed by atoms with E-state index >= 15 is 0 Å². The highest BCUT2D eigenvalue weighted by molar-refractivity contribution is 5.75. The van der Waals surface area contributed by atoms with E-state index in [1.807, 2.05) is 6.07 Å². The van der Waals surface area contributed by atoms with Crippen molar-refractivity contribution in [1.29, 1.82) is 0 Å².